The molecule has 0 radical (unpaired) electrons. The summed E-state index contributed by atoms with van der Waals surface area (Å²) in [6.45, 7) is 2.50. The number of thioether (sulfide) groups is 1. The van der Waals surface area contributed by atoms with Gasteiger partial charge < -0.3 is 10.6 Å². The van der Waals surface area contributed by atoms with E-state index in [4.69, 9.17) is 5.26 Å². The maximum atomic E-state index is 13.8. The molecule has 4 nitrogen and oxygen atoms in total. The molecule has 0 spiro atoms. The van der Waals surface area contributed by atoms with Crippen molar-refractivity contribution in [2.75, 3.05) is 12.8 Å². The van der Waals surface area contributed by atoms with E-state index < -0.39 is 0 Å². The fourth-order valence-corrected chi connectivity index (χ4v) is 3.95. The lowest BCUT2D eigenvalue weighted by molar-refractivity contribution is 0.594. The summed E-state index contributed by atoms with van der Waals surface area (Å²) in [6, 6.07) is 6.83. The Balaban J connectivity index is 1.88. The molecule has 0 heterocycles. The van der Waals surface area contributed by atoms with Gasteiger partial charge in [0.15, 0.2) is 5.96 Å². The van der Waals surface area contributed by atoms with Crippen LogP contribution in [0.2, 0.25) is 0 Å². The SMILES string of the molecule is CCSC1CCC(NC(=NC)NCc2cc(C#N)ccc2F)C1. The molecule has 2 rings (SSSR count). The first-order valence-corrected chi connectivity index (χ1v) is 8.98. The van der Waals surface area contributed by atoms with Gasteiger partial charge in [0.05, 0.1) is 11.6 Å². The molecule has 2 unspecified atom stereocenters. The van der Waals surface area contributed by atoms with Crippen molar-refractivity contribution in [3.05, 3.63) is 35.1 Å². The average molecular weight is 334 g/mol. The molecule has 1 aliphatic carbocycles. The zero-order valence-electron chi connectivity index (χ0n) is 13.6. The van der Waals surface area contributed by atoms with Crippen LogP contribution in [0, 0.1) is 17.1 Å². The number of nitrogens with one attached hydrogen (secondary N) is 2. The lowest BCUT2D eigenvalue weighted by Gasteiger charge is -2.17. The Hall–Kier alpha value is -1.74. The van der Waals surface area contributed by atoms with Gasteiger partial charge in [-0.3, -0.25) is 4.99 Å². The summed E-state index contributed by atoms with van der Waals surface area (Å²) in [5.41, 5.74) is 0.930. The van der Waals surface area contributed by atoms with Crippen LogP contribution >= 0.6 is 11.8 Å². The van der Waals surface area contributed by atoms with E-state index in [9.17, 15) is 4.39 Å². The topological polar surface area (TPSA) is 60.2 Å². The van der Waals surface area contributed by atoms with Crippen LogP contribution in [-0.4, -0.2) is 30.1 Å². The lowest BCUT2D eigenvalue weighted by atomic mass is 10.1. The molecule has 1 aromatic carbocycles. The van der Waals surface area contributed by atoms with Crippen molar-refractivity contribution >= 4 is 17.7 Å². The molecule has 1 aliphatic rings. The molecule has 2 N–H and O–H groups in total. The predicted octanol–water partition coefficient (Wildman–Crippen LogP) is 3.04. The number of nitrogens with zero attached hydrogens (tertiary/aromatic N) is 2. The van der Waals surface area contributed by atoms with Gasteiger partial charge >= 0.3 is 0 Å². The third-order valence-electron chi connectivity index (χ3n) is 3.97. The average Bonchev–Trinajstić information content (AvgIpc) is 3.00. The van der Waals surface area contributed by atoms with Gasteiger partial charge in [-0.05, 0) is 43.2 Å². The number of halogens is 1. The number of hydrogen-bond acceptors (Lipinski definition) is 3. The summed E-state index contributed by atoms with van der Waals surface area (Å²) in [7, 11) is 1.71. The molecule has 0 amide bonds. The molecule has 23 heavy (non-hydrogen) atoms. The van der Waals surface area contributed by atoms with Crippen LogP contribution in [0.3, 0.4) is 0 Å². The highest BCUT2D eigenvalue weighted by Gasteiger charge is 2.25. The molecule has 1 fully saturated rings. The monoisotopic (exact) mass is 334 g/mol. The van der Waals surface area contributed by atoms with Gasteiger partial charge in [0.2, 0.25) is 0 Å². The fraction of sp³-hybridized carbons (Fsp3) is 0.529. The third-order valence-corrected chi connectivity index (χ3v) is 5.21. The first-order valence-electron chi connectivity index (χ1n) is 7.93. The number of benzene rings is 1. The van der Waals surface area contributed by atoms with Gasteiger partial charge in [-0.15, -0.1) is 0 Å². The zero-order chi connectivity index (χ0) is 16.7. The van der Waals surface area contributed by atoms with Crippen LogP contribution in [0.15, 0.2) is 23.2 Å². The predicted molar refractivity (Wildman–Crippen MR) is 94.0 cm³/mol. The number of rotatable bonds is 5. The van der Waals surface area contributed by atoms with Gasteiger partial charge in [0.1, 0.15) is 5.82 Å². The fourth-order valence-electron chi connectivity index (χ4n) is 2.80. The molecule has 0 bridgehead atoms. The summed E-state index contributed by atoms with van der Waals surface area (Å²) in [4.78, 5) is 4.21. The molecular weight excluding hydrogens is 311 g/mol. The minimum absolute atomic E-state index is 0.306. The molecular formula is C17H23FN4S. The number of hydrogen-bond donors (Lipinski definition) is 2. The van der Waals surface area contributed by atoms with Crippen molar-refractivity contribution in [3.63, 3.8) is 0 Å². The van der Waals surface area contributed by atoms with Gasteiger partial charge in [-0.1, -0.05) is 6.92 Å². The highest BCUT2D eigenvalue weighted by Crippen LogP contribution is 2.29. The van der Waals surface area contributed by atoms with E-state index in [2.05, 4.69) is 22.5 Å². The summed E-state index contributed by atoms with van der Waals surface area (Å²) >= 11 is 2.01. The van der Waals surface area contributed by atoms with E-state index in [-0.39, 0.29) is 5.82 Å². The standard InChI is InChI=1S/C17H23FN4S/c1-3-23-15-6-5-14(9-15)22-17(20-2)21-11-13-8-12(10-19)4-7-16(13)18/h4,7-8,14-15H,3,5-6,9,11H2,1-2H3,(H2,20,21,22). The van der Waals surface area contributed by atoms with Crippen LogP contribution in [-0.2, 0) is 6.54 Å². The minimum atomic E-state index is -0.313. The van der Waals surface area contributed by atoms with Crippen molar-refractivity contribution in [2.24, 2.45) is 4.99 Å². The molecule has 6 heteroatoms. The smallest absolute Gasteiger partial charge is 0.191 e. The van der Waals surface area contributed by atoms with E-state index in [1.807, 2.05) is 17.8 Å². The van der Waals surface area contributed by atoms with Crippen LogP contribution in [0.5, 0.6) is 0 Å². The first-order chi connectivity index (χ1) is 11.2. The van der Waals surface area contributed by atoms with Crippen molar-refractivity contribution < 1.29 is 4.39 Å². The lowest BCUT2D eigenvalue weighted by Crippen LogP contribution is -2.42. The van der Waals surface area contributed by atoms with Crippen molar-refractivity contribution in [3.8, 4) is 6.07 Å². The van der Waals surface area contributed by atoms with Crippen LogP contribution in [0.25, 0.3) is 0 Å². The number of aliphatic imine (C=N–C) groups is 1. The Morgan fingerprint density at radius 1 is 1.48 bits per heavy atom. The third kappa shape index (κ3) is 5.14. The van der Waals surface area contributed by atoms with Crippen molar-refractivity contribution in [1.82, 2.24) is 10.6 Å². The van der Waals surface area contributed by atoms with E-state index in [1.54, 1.807) is 13.1 Å². The number of nitriles is 1. The number of guanidine groups is 1. The largest absolute Gasteiger partial charge is 0.354 e. The second kappa shape index (κ2) is 8.78. The highest BCUT2D eigenvalue weighted by molar-refractivity contribution is 7.99. The molecule has 1 saturated carbocycles. The van der Waals surface area contributed by atoms with Crippen molar-refractivity contribution in [1.29, 1.82) is 5.26 Å². The molecule has 0 aliphatic heterocycles. The Kier molecular flexibility index (Phi) is 6.72. The van der Waals surface area contributed by atoms with E-state index in [0.717, 1.165) is 23.8 Å². The first kappa shape index (κ1) is 17.6. The van der Waals surface area contributed by atoms with E-state index >= 15 is 0 Å². The van der Waals surface area contributed by atoms with E-state index in [0.29, 0.717) is 29.7 Å². The summed E-state index contributed by atoms with van der Waals surface area (Å²) in [5, 5.41) is 16.2. The Labute approximate surface area is 141 Å². The quantitative estimate of drug-likeness (QED) is 0.642. The zero-order valence-corrected chi connectivity index (χ0v) is 14.4. The van der Waals surface area contributed by atoms with E-state index in [1.165, 1.54) is 18.6 Å². The normalized spacial score (nSPS) is 21.0. The molecule has 124 valence electrons. The van der Waals surface area contributed by atoms with Crippen molar-refractivity contribution in [2.45, 2.75) is 44.0 Å². The molecule has 0 aromatic heterocycles. The summed E-state index contributed by atoms with van der Waals surface area (Å²) < 4.78 is 13.8. The van der Waals surface area contributed by atoms with Crippen LogP contribution in [0.1, 0.15) is 37.3 Å². The van der Waals surface area contributed by atoms with Gasteiger partial charge in [-0.2, -0.15) is 17.0 Å². The minimum Gasteiger partial charge on any atom is -0.354 e. The van der Waals surface area contributed by atoms with Gasteiger partial charge in [0, 0.05) is 30.4 Å². The van der Waals surface area contributed by atoms with Crippen LogP contribution in [0.4, 0.5) is 4.39 Å². The molecule has 1 aromatic rings. The maximum Gasteiger partial charge on any atom is 0.191 e. The highest BCUT2D eigenvalue weighted by atomic mass is 32.2. The Morgan fingerprint density at radius 3 is 3.00 bits per heavy atom. The van der Waals surface area contributed by atoms with Crippen LogP contribution < -0.4 is 10.6 Å². The second-order valence-electron chi connectivity index (χ2n) is 5.58. The Morgan fingerprint density at radius 2 is 2.30 bits per heavy atom. The summed E-state index contributed by atoms with van der Waals surface area (Å²) in [5.74, 6) is 1.52. The Bertz CT molecular complexity index is 597. The van der Waals surface area contributed by atoms with Gasteiger partial charge in [-0.25, -0.2) is 4.39 Å². The summed E-state index contributed by atoms with van der Waals surface area (Å²) in [6.07, 6.45) is 3.50. The molecule has 2 atom stereocenters. The second-order valence-corrected chi connectivity index (χ2v) is 7.15. The van der Waals surface area contributed by atoms with Gasteiger partial charge in [0.25, 0.3) is 0 Å². The molecule has 0 saturated heterocycles. The maximum absolute atomic E-state index is 13.8.